The molecule has 8 heteroatoms. The summed E-state index contributed by atoms with van der Waals surface area (Å²) in [6, 6.07) is 8.51. The molecule has 0 radical (unpaired) electrons. The minimum absolute atomic E-state index is 0.0297. The maximum Gasteiger partial charge on any atom is 0.348 e. The molecule has 2 N–H and O–H groups in total. The van der Waals surface area contributed by atoms with Gasteiger partial charge in [0.25, 0.3) is 0 Å². The number of halogens is 1. The van der Waals surface area contributed by atoms with Gasteiger partial charge in [-0.3, -0.25) is 10.1 Å². The van der Waals surface area contributed by atoms with Gasteiger partial charge in [-0.2, -0.15) is 0 Å². The van der Waals surface area contributed by atoms with Gasteiger partial charge in [-0.25, -0.2) is 9.97 Å². The largest absolute Gasteiger partial charge is 0.394 e. The molecular weight excluding hydrogens is 284 g/mol. The Kier molecular flexibility index (Phi) is 4.44. The number of aliphatic hydroxyl groups is 1. The summed E-state index contributed by atoms with van der Waals surface area (Å²) < 4.78 is 0. The van der Waals surface area contributed by atoms with Gasteiger partial charge in [0.05, 0.1) is 17.6 Å². The van der Waals surface area contributed by atoms with E-state index in [4.69, 9.17) is 11.6 Å². The van der Waals surface area contributed by atoms with Gasteiger partial charge in [0.15, 0.2) is 0 Å². The van der Waals surface area contributed by atoms with E-state index in [1.807, 2.05) is 6.07 Å². The Morgan fingerprint density at radius 3 is 2.65 bits per heavy atom. The number of nitrogens with one attached hydrogen (secondary N) is 1. The maximum atomic E-state index is 11.0. The topological polar surface area (TPSA) is 101 Å². The van der Waals surface area contributed by atoms with Crippen molar-refractivity contribution in [2.45, 2.75) is 6.04 Å². The first-order chi connectivity index (χ1) is 9.63. The highest BCUT2D eigenvalue weighted by Crippen LogP contribution is 2.30. The summed E-state index contributed by atoms with van der Waals surface area (Å²) in [5.74, 6) is -0.0297. The number of aromatic nitrogens is 2. The van der Waals surface area contributed by atoms with Gasteiger partial charge in [0.2, 0.25) is 11.0 Å². The van der Waals surface area contributed by atoms with Crippen molar-refractivity contribution >= 4 is 23.1 Å². The van der Waals surface area contributed by atoms with Gasteiger partial charge >= 0.3 is 5.69 Å². The normalized spacial score (nSPS) is 11.9. The van der Waals surface area contributed by atoms with E-state index in [1.54, 1.807) is 24.3 Å². The summed E-state index contributed by atoms with van der Waals surface area (Å²) in [5.41, 5.74) is 0.364. The Bertz CT molecular complexity index is 609. The lowest BCUT2D eigenvalue weighted by Crippen LogP contribution is -2.16. The third-order valence-electron chi connectivity index (χ3n) is 2.66. The molecule has 20 heavy (non-hydrogen) atoms. The molecule has 1 heterocycles. The molecular formula is C12H11ClN4O3. The first-order valence-corrected chi connectivity index (χ1v) is 6.08. The third-order valence-corrected chi connectivity index (χ3v) is 2.93. The number of rotatable bonds is 5. The molecule has 0 aliphatic heterocycles. The second-order valence-corrected chi connectivity index (χ2v) is 4.27. The van der Waals surface area contributed by atoms with Crippen LogP contribution in [-0.2, 0) is 0 Å². The van der Waals surface area contributed by atoms with Gasteiger partial charge in [-0.05, 0) is 5.56 Å². The molecule has 0 saturated carbocycles. The van der Waals surface area contributed by atoms with Crippen molar-refractivity contribution in [1.82, 2.24) is 9.97 Å². The van der Waals surface area contributed by atoms with E-state index in [0.29, 0.717) is 0 Å². The van der Waals surface area contributed by atoms with Crippen molar-refractivity contribution in [3.05, 3.63) is 57.5 Å². The Balaban J connectivity index is 2.33. The van der Waals surface area contributed by atoms with Gasteiger partial charge in [-0.1, -0.05) is 41.9 Å². The van der Waals surface area contributed by atoms with Crippen LogP contribution >= 0.6 is 11.6 Å². The number of benzene rings is 1. The molecule has 0 amide bonds. The third kappa shape index (κ3) is 3.01. The van der Waals surface area contributed by atoms with Crippen molar-refractivity contribution in [1.29, 1.82) is 0 Å². The quantitative estimate of drug-likeness (QED) is 0.498. The molecule has 7 nitrogen and oxygen atoms in total. The van der Waals surface area contributed by atoms with E-state index in [9.17, 15) is 15.2 Å². The molecule has 0 fully saturated rings. The van der Waals surface area contributed by atoms with E-state index in [-0.39, 0.29) is 17.6 Å². The minimum atomic E-state index is -0.663. The average Bonchev–Trinajstić information content (AvgIpc) is 2.45. The van der Waals surface area contributed by atoms with E-state index in [2.05, 4.69) is 15.3 Å². The Morgan fingerprint density at radius 1 is 1.35 bits per heavy atom. The minimum Gasteiger partial charge on any atom is -0.394 e. The monoisotopic (exact) mass is 294 g/mol. The lowest BCUT2D eigenvalue weighted by Gasteiger charge is -2.17. The lowest BCUT2D eigenvalue weighted by molar-refractivity contribution is -0.384. The highest BCUT2D eigenvalue weighted by molar-refractivity contribution is 6.31. The zero-order valence-electron chi connectivity index (χ0n) is 10.2. The van der Waals surface area contributed by atoms with Crippen LogP contribution in [0.3, 0.4) is 0 Å². The second-order valence-electron chi connectivity index (χ2n) is 3.91. The highest BCUT2D eigenvalue weighted by atomic mass is 35.5. The molecule has 0 bridgehead atoms. The fourth-order valence-electron chi connectivity index (χ4n) is 1.71. The average molecular weight is 295 g/mol. The van der Waals surface area contributed by atoms with Gasteiger partial charge in [0.1, 0.15) is 6.33 Å². The number of hydrogen-bond acceptors (Lipinski definition) is 6. The zero-order chi connectivity index (χ0) is 14.5. The molecule has 0 aliphatic carbocycles. The smallest absolute Gasteiger partial charge is 0.348 e. The van der Waals surface area contributed by atoms with Gasteiger partial charge in [0, 0.05) is 0 Å². The number of nitro groups is 1. The van der Waals surface area contributed by atoms with Crippen LogP contribution in [0.4, 0.5) is 11.5 Å². The van der Waals surface area contributed by atoms with Crippen LogP contribution in [0, 0.1) is 10.1 Å². The second kappa shape index (κ2) is 6.27. The molecule has 2 rings (SSSR count). The molecule has 0 spiro atoms. The van der Waals surface area contributed by atoms with Crippen molar-refractivity contribution < 1.29 is 10.0 Å². The first-order valence-electron chi connectivity index (χ1n) is 5.70. The maximum absolute atomic E-state index is 11.0. The van der Waals surface area contributed by atoms with E-state index in [1.165, 1.54) is 0 Å². The Hall–Kier alpha value is -2.25. The molecule has 1 aromatic carbocycles. The van der Waals surface area contributed by atoms with Gasteiger partial charge in [-0.15, -0.1) is 0 Å². The van der Waals surface area contributed by atoms with Crippen LogP contribution in [0.1, 0.15) is 11.6 Å². The molecule has 104 valence electrons. The van der Waals surface area contributed by atoms with Crippen molar-refractivity contribution in [2.24, 2.45) is 0 Å². The van der Waals surface area contributed by atoms with Gasteiger partial charge < -0.3 is 10.4 Å². The Morgan fingerprint density at radius 2 is 2.05 bits per heavy atom. The summed E-state index contributed by atoms with van der Waals surface area (Å²) in [5, 5.41) is 23.0. The molecule has 1 unspecified atom stereocenters. The summed E-state index contributed by atoms with van der Waals surface area (Å²) in [4.78, 5) is 17.7. The molecule has 2 aromatic rings. The van der Waals surface area contributed by atoms with Crippen molar-refractivity contribution in [3.8, 4) is 0 Å². The highest BCUT2D eigenvalue weighted by Gasteiger charge is 2.23. The van der Waals surface area contributed by atoms with E-state index in [0.717, 1.165) is 11.9 Å². The first kappa shape index (κ1) is 14.2. The van der Waals surface area contributed by atoms with E-state index >= 15 is 0 Å². The predicted octanol–water partition coefficient (Wildman–Crippen LogP) is 2.18. The fraction of sp³-hybridized carbons (Fsp3) is 0.167. The lowest BCUT2D eigenvalue weighted by atomic mass is 10.1. The van der Waals surface area contributed by atoms with E-state index < -0.39 is 16.7 Å². The number of hydrogen-bond donors (Lipinski definition) is 2. The summed E-state index contributed by atoms with van der Waals surface area (Å²) >= 11 is 5.70. The zero-order valence-corrected chi connectivity index (χ0v) is 11.0. The summed E-state index contributed by atoms with van der Waals surface area (Å²) in [6.45, 7) is -0.247. The standard InChI is InChI=1S/C12H11ClN4O3/c13-11-10(17(19)20)12(15-7-14-11)16-9(6-18)8-4-2-1-3-5-8/h1-5,7,9,18H,6H2,(H,14,15,16). The van der Waals surface area contributed by atoms with Crippen molar-refractivity contribution in [2.75, 3.05) is 11.9 Å². The molecule has 0 saturated heterocycles. The van der Waals surface area contributed by atoms with Crippen LogP contribution < -0.4 is 5.32 Å². The molecule has 1 atom stereocenters. The number of nitrogens with zero attached hydrogens (tertiary/aromatic N) is 3. The summed E-state index contributed by atoms with van der Waals surface area (Å²) in [7, 11) is 0. The predicted molar refractivity (Wildman–Crippen MR) is 73.6 cm³/mol. The van der Waals surface area contributed by atoms with Crippen LogP contribution in [-0.4, -0.2) is 26.6 Å². The fourth-order valence-corrected chi connectivity index (χ4v) is 1.91. The SMILES string of the molecule is O=[N+]([O-])c1c(Cl)ncnc1NC(CO)c1ccccc1. The summed E-state index contributed by atoms with van der Waals surface area (Å²) in [6.07, 6.45) is 1.12. The molecule has 1 aromatic heterocycles. The Labute approximate surface area is 119 Å². The van der Waals surface area contributed by atoms with Crippen LogP contribution in [0.25, 0.3) is 0 Å². The number of aliphatic hydroxyl groups excluding tert-OH is 1. The van der Waals surface area contributed by atoms with Crippen LogP contribution in [0.15, 0.2) is 36.7 Å². The van der Waals surface area contributed by atoms with Crippen LogP contribution in [0.2, 0.25) is 5.15 Å². The molecule has 0 aliphatic rings. The number of anilines is 1. The van der Waals surface area contributed by atoms with Crippen LogP contribution in [0.5, 0.6) is 0 Å². The van der Waals surface area contributed by atoms with Crippen molar-refractivity contribution in [3.63, 3.8) is 0 Å².